The van der Waals surface area contributed by atoms with E-state index in [1.165, 1.54) is 31.2 Å². The number of hydrogen-bond donors (Lipinski definition) is 0. The second-order valence-electron chi connectivity index (χ2n) is 5.05. The van der Waals surface area contributed by atoms with Crippen LogP contribution in [0.5, 0.6) is 5.75 Å². The molecule has 0 radical (unpaired) electrons. The number of Topliss-reactive ketones (excluding diaryl/α,β-unsaturated/α-hetero) is 1. The summed E-state index contributed by atoms with van der Waals surface area (Å²) in [6.07, 6.45) is -2.29. The number of alkyl halides is 3. The highest BCUT2D eigenvalue weighted by Crippen LogP contribution is 2.23. The van der Waals surface area contributed by atoms with E-state index in [1.807, 2.05) is 0 Å². The highest BCUT2D eigenvalue weighted by Gasteiger charge is 2.30. The summed E-state index contributed by atoms with van der Waals surface area (Å²) < 4.78 is 44.9. The molecule has 0 spiro atoms. The Morgan fingerprint density at radius 3 is 2.13 bits per heavy atom. The van der Waals surface area contributed by atoms with Crippen molar-refractivity contribution in [2.45, 2.75) is 33.2 Å². The minimum Gasteiger partial charge on any atom is -0.462 e. The minimum atomic E-state index is -4.75. The monoisotopic (exact) mass is 330 g/mol. The third kappa shape index (κ3) is 6.99. The molecule has 126 valence electrons. The van der Waals surface area contributed by atoms with E-state index in [2.05, 4.69) is 4.74 Å². The average molecular weight is 330 g/mol. The van der Waals surface area contributed by atoms with Crippen LogP contribution in [0.15, 0.2) is 30.3 Å². The third-order valence-electron chi connectivity index (χ3n) is 2.64. The van der Waals surface area contributed by atoms with Crippen LogP contribution in [0.2, 0.25) is 0 Å². The van der Waals surface area contributed by atoms with Crippen LogP contribution in [0, 0.1) is 5.92 Å². The van der Waals surface area contributed by atoms with E-state index < -0.39 is 18.2 Å². The number of hydrogen-bond acceptors (Lipinski definition) is 4. The van der Waals surface area contributed by atoms with Gasteiger partial charge in [-0.25, -0.2) is 0 Å². The van der Waals surface area contributed by atoms with Gasteiger partial charge in [0.25, 0.3) is 0 Å². The molecule has 0 aliphatic heterocycles. The highest BCUT2D eigenvalue weighted by atomic mass is 19.4. The van der Waals surface area contributed by atoms with Crippen LogP contribution in [0.4, 0.5) is 13.2 Å². The van der Waals surface area contributed by atoms with Crippen LogP contribution in [-0.4, -0.2) is 24.2 Å². The highest BCUT2D eigenvalue weighted by molar-refractivity contribution is 6.00. The lowest BCUT2D eigenvalue weighted by atomic mass is 10.0. The number of rotatable bonds is 6. The van der Waals surface area contributed by atoms with Crippen molar-refractivity contribution in [3.05, 3.63) is 35.9 Å². The van der Waals surface area contributed by atoms with Crippen molar-refractivity contribution in [1.29, 1.82) is 0 Å². The zero-order chi connectivity index (χ0) is 17.6. The second kappa shape index (κ2) is 7.80. The van der Waals surface area contributed by atoms with Crippen LogP contribution in [0.25, 0.3) is 6.08 Å². The van der Waals surface area contributed by atoms with Gasteiger partial charge in [-0.1, -0.05) is 24.3 Å². The lowest BCUT2D eigenvalue weighted by Crippen LogP contribution is -2.24. The van der Waals surface area contributed by atoms with Crippen molar-refractivity contribution in [2.24, 2.45) is 5.92 Å². The number of ether oxygens (including phenoxy) is 2. The van der Waals surface area contributed by atoms with Gasteiger partial charge in [0, 0.05) is 0 Å². The summed E-state index contributed by atoms with van der Waals surface area (Å²) in [5, 5.41) is 0. The van der Waals surface area contributed by atoms with Crippen molar-refractivity contribution in [1.82, 2.24) is 0 Å². The molecule has 0 saturated carbocycles. The van der Waals surface area contributed by atoms with Crippen molar-refractivity contribution < 1.29 is 32.2 Å². The summed E-state index contributed by atoms with van der Waals surface area (Å²) in [6, 6.07) is 5.04. The first-order valence-electron chi connectivity index (χ1n) is 6.83. The molecule has 0 amide bonds. The normalized spacial score (nSPS) is 13.2. The first-order chi connectivity index (χ1) is 10.6. The molecular formula is C16H17F3O4. The lowest BCUT2D eigenvalue weighted by Gasteiger charge is -2.12. The Morgan fingerprint density at radius 2 is 1.70 bits per heavy atom. The Hall–Kier alpha value is -2.31. The van der Waals surface area contributed by atoms with E-state index in [1.54, 1.807) is 13.8 Å². The fourth-order valence-corrected chi connectivity index (χ4v) is 1.67. The topological polar surface area (TPSA) is 52.6 Å². The molecule has 0 bridgehead atoms. The molecule has 1 aromatic rings. The maximum atomic E-state index is 12.1. The van der Waals surface area contributed by atoms with Gasteiger partial charge in [-0.3, -0.25) is 9.59 Å². The summed E-state index contributed by atoms with van der Waals surface area (Å²) in [5.41, 5.74) is 0.517. The van der Waals surface area contributed by atoms with Crippen molar-refractivity contribution in [3.8, 4) is 5.75 Å². The number of carbonyl (C=O) groups is 2. The van der Waals surface area contributed by atoms with Gasteiger partial charge in [0.2, 0.25) is 0 Å². The van der Waals surface area contributed by atoms with Gasteiger partial charge in [-0.15, -0.1) is 13.2 Å². The number of esters is 1. The lowest BCUT2D eigenvalue weighted by molar-refractivity contribution is -0.274. The standard InChI is InChI=1S/C16H17F3O4/c1-10(2)22-15(21)14(11(3)20)9-6-12-4-7-13(8-5-12)23-16(17,18)19/h4-10,14H,1-3H3/b9-6+. The summed E-state index contributed by atoms with van der Waals surface area (Å²) in [5.74, 6) is -2.45. The van der Waals surface area contributed by atoms with Crippen LogP contribution < -0.4 is 4.74 Å². The molecule has 4 nitrogen and oxygen atoms in total. The molecule has 7 heteroatoms. The van der Waals surface area contributed by atoms with E-state index in [9.17, 15) is 22.8 Å². The Bertz CT molecular complexity index is 574. The second-order valence-corrected chi connectivity index (χ2v) is 5.05. The molecular weight excluding hydrogens is 313 g/mol. The van der Waals surface area contributed by atoms with Gasteiger partial charge in [0.1, 0.15) is 17.5 Å². The third-order valence-corrected chi connectivity index (χ3v) is 2.64. The number of ketones is 1. The smallest absolute Gasteiger partial charge is 0.462 e. The van der Waals surface area contributed by atoms with E-state index in [0.29, 0.717) is 5.56 Å². The molecule has 0 heterocycles. The van der Waals surface area contributed by atoms with Gasteiger partial charge in [0.05, 0.1) is 6.10 Å². The Labute approximate surface area is 131 Å². The van der Waals surface area contributed by atoms with Gasteiger partial charge in [-0.05, 0) is 38.5 Å². The SMILES string of the molecule is CC(=O)C(/C=C/c1ccc(OC(F)(F)F)cc1)C(=O)OC(C)C. The zero-order valence-electron chi connectivity index (χ0n) is 12.9. The summed E-state index contributed by atoms with van der Waals surface area (Å²) in [4.78, 5) is 23.3. The van der Waals surface area contributed by atoms with E-state index >= 15 is 0 Å². The maximum absolute atomic E-state index is 12.1. The number of halogens is 3. The summed E-state index contributed by atoms with van der Waals surface area (Å²) in [7, 11) is 0. The largest absolute Gasteiger partial charge is 0.573 e. The molecule has 0 fully saturated rings. The molecule has 1 unspecified atom stereocenters. The van der Waals surface area contributed by atoms with E-state index in [-0.39, 0.29) is 17.6 Å². The van der Waals surface area contributed by atoms with Gasteiger partial charge in [-0.2, -0.15) is 0 Å². The average Bonchev–Trinajstić information content (AvgIpc) is 2.37. The predicted octanol–water partition coefficient (Wildman–Crippen LogP) is 3.76. The molecule has 1 rings (SSSR count). The van der Waals surface area contributed by atoms with Crippen molar-refractivity contribution >= 4 is 17.8 Å². The molecule has 0 N–H and O–H groups in total. The summed E-state index contributed by atoms with van der Waals surface area (Å²) >= 11 is 0. The zero-order valence-corrected chi connectivity index (χ0v) is 12.9. The van der Waals surface area contributed by atoms with E-state index in [0.717, 1.165) is 12.1 Å². The first kappa shape index (κ1) is 18.7. The summed E-state index contributed by atoms with van der Waals surface area (Å²) in [6.45, 7) is 4.59. The Morgan fingerprint density at radius 1 is 1.13 bits per heavy atom. The molecule has 1 aromatic carbocycles. The first-order valence-corrected chi connectivity index (χ1v) is 6.83. The predicted molar refractivity (Wildman–Crippen MR) is 77.6 cm³/mol. The molecule has 1 atom stereocenters. The fourth-order valence-electron chi connectivity index (χ4n) is 1.67. The van der Waals surface area contributed by atoms with Crippen molar-refractivity contribution in [2.75, 3.05) is 0 Å². The molecule has 0 aliphatic rings. The maximum Gasteiger partial charge on any atom is 0.573 e. The van der Waals surface area contributed by atoms with Gasteiger partial charge < -0.3 is 9.47 Å². The Balaban J connectivity index is 2.81. The Kier molecular flexibility index (Phi) is 6.36. The quantitative estimate of drug-likeness (QED) is 0.589. The van der Waals surface area contributed by atoms with Crippen LogP contribution in [-0.2, 0) is 14.3 Å². The molecule has 0 aromatic heterocycles. The minimum absolute atomic E-state index is 0.350. The van der Waals surface area contributed by atoms with E-state index in [4.69, 9.17) is 4.74 Å². The molecule has 23 heavy (non-hydrogen) atoms. The molecule has 0 aliphatic carbocycles. The van der Waals surface area contributed by atoms with Crippen molar-refractivity contribution in [3.63, 3.8) is 0 Å². The van der Waals surface area contributed by atoms with Crippen LogP contribution >= 0.6 is 0 Å². The number of benzene rings is 1. The van der Waals surface area contributed by atoms with Gasteiger partial charge >= 0.3 is 12.3 Å². The van der Waals surface area contributed by atoms with Crippen LogP contribution in [0.3, 0.4) is 0 Å². The molecule has 0 saturated heterocycles. The fraction of sp³-hybridized carbons (Fsp3) is 0.375. The van der Waals surface area contributed by atoms with Gasteiger partial charge in [0.15, 0.2) is 0 Å². The number of carbonyl (C=O) groups excluding carboxylic acids is 2. The van der Waals surface area contributed by atoms with Crippen LogP contribution in [0.1, 0.15) is 26.3 Å².